The van der Waals surface area contributed by atoms with Gasteiger partial charge in [-0.1, -0.05) is 18.2 Å². The molecule has 0 saturated heterocycles. The average molecular weight is 385 g/mol. The molecule has 0 radical (unpaired) electrons. The standard InChI is InChI=1S/C20H23N3O3S/c1-12-5-6-15(9-13(12)2)17-14(3)27-19-18(17)20(25)23(11-22-19)10-16(24)21-7-8-26-4/h5-6,9,11H,7-8,10H2,1-4H3,(H,21,24). The number of ether oxygens (including phenoxy) is 1. The Morgan fingerprint density at radius 2 is 2.04 bits per heavy atom. The minimum Gasteiger partial charge on any atom is -0.383 e. The molecular formula is C20H23N3O3S. The third kappa shape index (κ3) is 3.94. The zero-order valence-corrected chi connectivity index (χ0v) is 16.8. The Morgan fingerprint density at radius 3 is 2.74 bits per heavy atom. The van der Waals surface area contributed by atoms with Crippen molar-refractivity contribution in [3.05, 3.63) is 50.9 Å². The van der Waals surface area contributed by atoms with Gasteiger partial charge in [0.15, 0.2) is 0 Å². The zero-order valence-electron chi connectivity index (χ0n) is 16.0. The number of aromatic nitrogens is 2. The van der Waals surface area contributed by atoms with Gasteiger partial charge in [0.1, 0.15) is 11.4 Å². The van der Waals surface area contributed by atoms with Crippen molar-refractivity contribution in [1.29, 1.82) is 0 Å². The van der Waals surface area contributed by atoms with Crippen molar-refractivity contribution in [3.63, 3.8) is 0 Å². The minimum absolute atomic E-state index is 0.0628. The highest BCUT2D eigenvalue weighted by molar-refractivity contribution is 7.19. The quantitative estimate of drug-likeness (QED) is 0.662. The normalized spacial score (nSPS) is 11.1. The second-order valence-corrected chi connectivity index (χ2v) is 7.74. The van der Waals surface area contributed by atoms with Crippen LogP contribution in [0.25, 0.3) is 21.3 Å². The van der Waals surface area contributed by atoms with Gasteiger partial charge in [-0.3, -0.25) is 14.2 Å². The molecule has 0 aliphatic rings. The predicted molar refractivity (Wildman–Crippen MR) is 108 cm³/mol. The topological polar surface area (TPSA) is 73.2 Å². The van der Waals surface area contributed by atoms with E-state index < -0.39 is 0 Å². The van der Waals surface area contributed by atoms with Crippen LogP contribution < -0.4 is 10.9 Å². The molecule has 3 rings (SSSR count). The number of benzene rings is 1. The minimum atomic E-state index is -0.241. The number of hydrogen-bond acceptors (Lipinski definition) is 5. The molecule has 0 saturated carbocycles. The third-order valence-electron chi connectivity index (χ3n) is 4.59. The largest absolute Gasteiger partial charge is 0.383 e. The van der Waals surface area contributed by atoms with Gasteiger partial charge in [0.05, 0.1) is 18.3 Å². The first-order chi connectivity index (χ1) is 12.9. The van der Waals surface area contributed by atoms with Crippen LogP contribution >= 0.6 is 11.3 Å². The highest BCUT2D eigenvalue weighted by Gasteiger charge is 2.18. The Hall–Kier alpha value is -2.51. The summed E-state index contributed by atoms with van der Waals surface area (Å²) in [5.41, 5.74) is 4.10. The number of hydrogen-bond donors (Lipinski definition) is 1. The highest BCUT2D eigenvalue weighted by Crippen LogP contribution is 2.36. The van der Waals surface area contributed by atoms with Crippen LogP contribution in [0.15, 0.2) is 29.3 Å². The summed E-state index contributed by atoms with van der Waals surface area (Å²) in [6.45, 7) is 6.90. The molecule has 0 atom stereocenters. The van der Waals surface area contributed by atoms with Gasteiger partial charge >= 0.3 is 0 Å². The van der Waals surface area contributed by atoms with E-state index in [-0.39, 0.29) is 18.0 Å². The van der Waals surface area contributed by atoms with Crippen LogP contribution in [0.3, 0.4) is 0 Å². The molecule has 1 aromatic carbocycles. The summed E-state index contributed by atoms with van der Waals surface area (Å²) in [5, 5.41) is 3.30. The van der Waals surface area contributed by atoms with Gasteiger partial charge < -0.3 is 10.1 Å². The van der Waals surface area contributed by atoms with E-state index in [1.165, 1.54) is 33.4 Å². The Bertz CT molecular complexity index is 1050. The fourth-order valence-corrected chi connectivity index (χ4v) is 4.00. The van der Waals surface area contributed by atoms with Gasteiger partial charge in [-0.05, 0) is 37.5 Å². The summed E-state index contributed by atoms with van der Waals surface area (Å²) >= 11 is 1.50. The van der Waals surface area contributed by atoms with Gasteiger partial charge in [-0.25, -0.2) is 4.98 Å². The first-order valence-electron chi connectivity index (χ1n) is 8.74. The van der Waals surface area contributed by atoms with Crippen LogP contribution in [-0.4, -0.2) is 35.7 Å². The van der Waals surface area contributed by atoms with Crippen LogP contribution in [-0.2, 0) is 16.1 Å². The lowest BCUT2D eigenvalue weighted by Gasteiger charge is -2.08. The summed E-state index contributed by atoms with van der Waals surface area (Å²) in [7, 11) is 1.57. The number of thiophene rings is 1. The maximum absolute atomic E-state index is 13.1. The van der Waals surface area contributed by atoms with Crippen molar-refractivity contribution in [2.24, 2.45) is 0 Å². The summed E-state index contributed by atoms with van der Waals surface area (Å²) < 4.78 is 6.28. The monoisotopic (exact) mass is 385 g/mol. The van der Waals surface area contributed by atoms with Crippen molar-refractivity contribution in [3.8, 4) is 11.1 Å². The summed E-state index contributed by atoms with van der Waals surface area (Å²) in [4.78, 5) is 31.3. The molecule has 2 heterocycles. The van der Waals surface area contributed by atoms with Crippen molar-refractivity contribution in [1.82, 2.24) is 14.9 Å². The van der Waals surface area contributed by atoms with Gasteiger partial charge in [-0.15, -0.1) is 11.3 Å². The van der Waals surface area contributed by atoms with Crippen molar-refractivity contribution in [2.45, 2.75) is 27.3 Å². The van der Waals surface area contributed by atoms with E-state index in [1.807, 2.05) is 13.0 Å². The zero-order chi connectivity index (χ0) is 19.6. The Kier molecular flexibility index (Phi) is 5.72. The number of aryl methyl sites for hydroxylation is 3. The lowest BCUT2D eigenvalue weighted by molar-refractivity contribution is -0.121. The van der Waals surface area contributed by atoms with Crippen molar-refractivity contribution >= 4 is 27.5 Å². The first kappa shape index (κ1) is 19.3. The molecule has 3 aromatic rings. The number of rotatable bonds is 6. The summed E-state index contributed by atoms with van der Waals surface area (Å²) in [6, 6.07) is 6.19. The lowest BCUT2D eigenvalue weighted by Crippen LogP contribution is -2.34. The number of nitrogens with one attached hydrogen (secondary N) is 1. The molecule has 0 fully saturated rings. The van der Waals surface area contributed by atoms with E-state index in [4.69, 9.17) is 4.74 Å². The van der Waals surface area contributed by atoms with Crippen molar-refractivity contribution < 1.29 is 9.53 Å². The number of fused-ring (bicyclic) bond motifs is 1. The first-order valence-corrected chi connectivity index (χ1v) is 9.55. The molecule has 0 unspecified atom stereocenters. The lowest BCUT2D eigenvalue weighted by atomic mass is 9.99. The molecule has 0 spiro atoms. The number of carbonyl (C=O) groups is 1. The molecular weight excluding hydrogens is 362 g/mol. The Labute approximate surface area is 161 Å². The van der Waals surface area contributed by atoms with E-state index in [9.17, 15) is 9.59 Å². The fourth-order valence-electron chi connectivity index (χ4n) is 3.00. The number of methoxy groups -OCH3 is 1. The van der Waals surface area contributed by atoms with Crippen LogP contribution in [0.4, 0.5) is 0 Å². The second kappa shape index (κ2) is 8.02. The van der Waals surface area contributed by atoms with Crippen LogP contribution in [0, 0.1) is 20.8 Å². The van der Waals surface area contributed by atoms with E-state index in [1.54, 1.807) is 7.11 Å². The SMILES string of the molecule is COCCNC(=O)Cn1cnc2sc(C)c(-c3ccc(C)c(C)c3)c2c1=O. The number of nitrogens with zero attached hydrogens (tertiary/aromatic N) is 2. The Balaban J connectivity index is 2.03. The fraction of sp³-hybridized carbons (Fsp3) is 0.350. The smallest absolute Gasteiger partial charge is 0.263 e. The molecule has 2 aromatic heterocycles. The average Bonchev–Trinajstić information content (AvgIpc) is 2.97. The molecule has 27 heavy (non-hydrogen) atoms. The summed E-state index contributed by atoms with van der Waals surface area (Å²) in [6.07, 6.45) is 1.45. The Morgan fingerprint density at radius 1 is 1.26 bits per heavy atom. The molecule has 1 amide bonds. The van der Waals surface area contributed by atoms with Crippen LogP contribution in [0.2, 0.25) is 0 Å². The van der Waals surface area contributed by atoms with Gasteiger partial charge in [0.2, 0.25) is 5.91 Å². The van der Waals surface area contributed by atoms with E-state index >= 15 is 0 Å². The summed E-state index contributed by atoms with van der Waals surface area (Å²) in [5.74, 6) is -0.241. The molecule has 0 aliphatic carbocycles. The molecule has 1 N–H and O–H groups in total. The van der Waals surface area contributed by atoms with Crippen LogP contribution in [0.1, 0.15) is 16.0 Å². The van der Waals surface area contributed by atoms with Crippen LogP contribution in [0.5, 0.6) is 0 Å². The highest BCUT2D eigenvalue weighted by atomic mass is 32.1. The maximum Gasteiger partial charge on any atom is 0.263 e. The molecule has 0 bridgehead atoms. The third-order valence-corrected chi connectivity index (χ3v) is 5.61. The molecule has 0 aliphatic heterocycles. The van der Waals surface area contributed by atoms with Gasteiger partial charge in [0.25, 0.3) is 5.56 Å². The number of amides is 1. The molecule has 142 valence electrons. The van der Waals surface area contributed by atoms with Gasteiger partial charge in [-0.2, -0.15) is 0 Å². The number of carbonyl (C=O) groups excluding carboxylic acids is 1. The predicted octanol–water partition coefficient (Wildman–Crippen LogP) is 2.81. The van der Waals surface area contributed by atoms with E-state index in [0.29, 0.717) is 23.4 Å². The second-order valence-electron chi connectivity index (χ2n) is 6.53. The van der Waals surface area contributed by atoms with E-state index in [0.717, 1.165) is 16.0 Å². The molecule has 6 nitrogen and oxygen atoms in total. The van der Waals surface area contributed by atoms with E-state index in [2.05, 4.69) is 36.3 Å². The van der Waals surface area contributed by atoms with Gasteiger partial charge in [0, 0.05) is 24.1 Å². The van der Waals surface area contributed by atoms with Crippen molar-refractivity contribution in [2.75, 3.05) is 20.3 Å². The maximum atomic E-state index is 13.1. The molecule has 7 heteroatoms.